The Morgan fingerprint density at radius 1 is 1.56 bits per heavy atom. The van der Waals surface area contributed by atoms with Crippen molar-refractivity contribution in [3.63, 3.8) is 0 Å². The first-order valence-electron chi connectivity index (χ1n) is 5.40. The highest BCUT2D eigenvalue weighted by Gasteiger charge is 2.15. The maximum absolute atomic E-state index is 11.5. The molecule has 0 atom stereocenters. The molecule has 0 amide bonds. The van der Waals surface area contributed by atoms with Crippen molar-refractivity contribution < 1.29 is 0 Å². The monoisotopic (exact) mass is 219 g/mol. The van der Waals surface area contributed by atoms with Crippen LogP contribution in [-0.4, -0.2) is 9.78 Å². The zero-order valence-electron chi connectivity index (χ0n) is 10.0. The number of hydrogen-bond donors (Lipinski definition) is 0. The first-order chi connectivity index (χ1) is 7.44. The van der Waals surface area contributed by atoms with Crippen molar-refractivity contribution in [1.82, 2.24) is 9.78 Å². The van der Waals surface area contributed by atoms with E-state index >= 15 is 0 Å². The highest BCUT2D eigenvalue weighted by atomic mass is 16.1. The third kappa shape index (κ3) is 3.50. The summed E-state index contributed by atoms with van der Waals surface area (Å²) in [5.74, 6) is 0. The third-order valence-electron chi connectivity index (χ3n) is 2.48. The zero-order valence-corrected chi connectivity index (χ0v) is 10.0. The molecule has 0 saturated heterocycles. The van der Waals surface area contributed by atoms with E-state index in [1.54, 1.807) is 12.3 Å². The fraction of sp³-hybridized carbons (Fsp3) is 0.583. The zero-order chi connectivity index (χ0) is 12.2. The molecule has 1 heterocycles. The number of nitriles is 1. The molecule has 4 heteroatoms. The van der Waals surface area contributed by atoms with Crippen LogP contribution in [0.5, 0.6) is 0 Å². The second-order valence-electron chi connectivity index (χ2n) is 4.69. The minimum atomic E-state index is -0.325. The van der Waals surface area contributed by atoms with E-state index in [9.17, 15) is 4.79 Å². The van der Waals surface area contributed by atoms with Crippen molar-refractivity contribution >= 4 is 0 Å². The molecule has 0 aromatic carbocycles. The predicted octanol–water partition coefficient (Wildman–Crippen LogP) is 1.88. The summed E-state index contributed by atoms with van der Waals surface area (Å²) in [5, 5.41) is 12.9. The van der Waals surface area contributed by atoms with Crippen LogP contribution < -0.4 is 5.56 Å². The highest BCUT2D eigenvalue weighted by Crippen LogP contribution is 2.20. The van der Waals surface area contributed by atoms with Gasteiger partial charge in [0.25, 0.3) is 5.56 Å². The molecule has 1 aromatic heterocycles. The maximum atomic E-state index is 11.5. The molecule has 0 aliphatic carbocycles. The molecule has 0 spiro atoms. The first kappa shape index (κ1) is 12.4. The first-order valence-corrected chi connectivity index (χ1v) is 5.40. The van der Waals surface area contributed by atoms with Gasteiger partial charge in [-0.15, -0.1) is 0 Å². The smallest absolute Gasteiger partial charge is 0.266 e. The van der Waals surface area contributed by atoms with Crippen LogP contribution in [0.3, 0.4) is 0 Å². The number of aryl methyl sites for hydroxylation is 2. The van der Waals surface area contributed by atoms with Crippen LogP contribution >= 0.6 is 0 Å². The summed E-state index contributed by atoms with van der Waals surface area (Å²) in [6.07, 6.45) is 3.23. The molecule has 0 aliphatic rings. The SMILES string of the molecule is Cc1cnn(CCCC(C)(C)C#N)c(=O)c1. The Kier molecular flexibility index (Phi) is 3.83. The van der Waals surface area contributed by atoms with Gasteiger partial charge < -0.3 is 0 Å². The molecule has 0 radical (unpaired) electrons. The minimum absolute atomic E-state index is 0.0743. The molecule has 1 rings (SSSR count). The Morgan fingerprint density at radius 3 is 2.81 bits per heavy atom. The van der Waals surface area contributed by atoms with Crippen molar-refractivity contribution in [2.24, 2.45) is 5.41 Å². The topological polar surface area (TPSA) is 58.7 Å². The second kappa shape index (κ2) is 4.93. The summed E-state index contributed by atoms with van der Waals surface area (Å²) in [4.78, 5) is 11.5. The van der Waals surface area contributed by atoms with Gasteiger partial charge in [0.05, 0.1) is 17.7 Å². The van der Waals surface area contributed by atoms with Gasteiger partial charge in [-0.05, 0) is 39.2 Å². The summed E-state index contributed by atoms with van der Waals surface area (Å²) in [7, 11) is 0. The summed E-state index contributed by atoms with van der Waals surface area (Å²) in [5.41, 5.74) is 0.474. The molecule has 0 unspecified atom stereocenters. The average molecular weight is 219 g/mol. The van der Waals surface area contributed by atoms with E-state index in [2.05, 4.69) is 11.2 Å². The number of hydrogen-bond acceptors (Lipinski definition) is 3. The Labute approximate surface area is 95.5 Å². The minimum Gasteiger partial charge on any atom is -0.268 e. The normalized spacial score (nSPS) is 11.1. The Hall–Kier alpha value is -1.63. The maximum Gasteiger partial charge on any atom is 0.266 e. The van der Waals surface area contributed by atoms with E-state index in [-0.39, 0.29) is 11.0 Å². The van der Waals surface area contributed by atoms with E-state index < -0.39 is 0 Å². The van der Waals surface area contributed by atoms with Crippen LogP contribution in [0.1, 0.15) is 32.3 Å². The highest BCUT2D eigenvalue weighted by molar-refractivity contribution is 5.02. The Bertz CT molecular complexity index is 454. The van der Waals surface area contributed by atoms with Crippen molar-refractivity contribution in [1.29, 1.82) is 5.26 Å². The Morgan fingerprint density at radius 2 is 2.25 bits per heavy atom. The molecule has 0 aliphatic heterocycles. The molecule has 0 N–H and O–H groups in total. The summed E-state index contributed by atoms with van der Waals surface area (Å²) >= 11 is 0. The van der Waals surface area contributed by atoms with Crippen LogP contribution in [0.15, 0.2) is 17.1 Å². The Balaban J connectivity index is 2.57. The van der Waals surface area contributed by atoms with Crippen LogP contribution in [-0.2, 0) is 6.54 Å². The number of aromatic nitrogens is 2. The molecule has 1 aromatic rings. The van der Waals surface area contributed by atoms with Gasteiger partial charge in [0.15, 0.2) is 0 Å². The molecule has 86 valence electrons. The predicted molar refractivity (Wildman–Crippen MR) is 61.9 cm³/mol. The number of rotatable bonds is 4. The summed E-state index contributed by atoms with van der Waals surface area (Å²) in [6.45, 7) is 6.22. The quantitative estimate of drug-likeness (QED) is 0.776. The van der Waals surface area contributed by atoms with Gasteiger partial charge in [-0.1, -0.05) is 0 Å². The van der Waals surface area contributed by atoms with Gasteiger partial charge in [0, 0.05) is 12.6 Å². The van der Waals surface area contributed by atoms with Crippen LogP contribution in [0.25, 0.3) is 0 Å². The van der Waals surface area contributed by atoms with Gasteiger partial charge in [-0.25, -0.2) is 4.68 Å². The number of nitrogens with zero attached hydrogens (tertiary/aromatic N) is 3. The lowest BCUT2D eigenvalue weighted by Crippen LogP contribution is -2.23. The van der Waals surface area contributed by atoms with Gasteiger partial charge >= 0.3 is 0 Å². The van der Waals surface area contributed by atoms with Gasteiger partial charge in [-0.3, -0.25) is 4.79 Å². The van der Waals surface area contributed by atoms with Crippen LogP contribution in [0, 0.1) is 23.7 Å². The summed E-state index contributed by atoms with van der Waals surface area (Å²) < 4.78 is 1.44. The van der Waals surface area contributed by atoms with E-state index in [0.29, 0.717) is 6.54 Å². The fourth-order valence-electron chi connectivity index (χ4n) is 1.42. The lowest BCUT2D eigenvalue weighted by molar-refractivity contribution is 0.402. The van der Waals surface area contributed by atoms with Crippen molar-refractivity contribution in [2.75, 3.05) is 0 Å². The molecule has 0 bridgehead atoms. The van der Waals surface area contributed by atoms with Gasteiger partial charge in [-0.2, -0.15) is 10.4 Å². The van der Waals surface area contributed by atoms with E-state index in [1.807, 2.05) is 20.8 Å². The summed E-state index contributed by atoms with van der Waals surface area (Å²) in [6, 6.07) is 3.82. The largest absolute Gasteiger partial charge is 0.268 e. The van der Waals surface area contributed by atoms with Gasteiger partial charge in [0.1, 0.15) is 0 Å². The standard InChI is InChI=1S/C12H17N3O/c1-10-7-11(16)15(14-8-10)6-4-5-12(2,3)9-13/h7-8H,4-6H2,1-3H3. The lowest BCUT2D eigenvalue weighted by atomic mass is 9.90. The fourth-order valence-corrected chi connectivity index (χ4v) is 1.42. The van der Waals surface area contributed by atoms with Crippen molar-refractivity contribution in [3.8, 4) is 6.07 Å². The van der Waals surface area contributed by atoms with E-state index in [1.165, 1.54) is 4.68 Å². The van der Waals surface area contributed by atoms with Crippen LogP contribution in [0.4, 0.5) is 0 Å². The molecular formula is C12H17N3O. The van der Waals surface area contributed by atoms with Crippen molar-refractivity contribution in [2.45, 2.75) is 40.2 Å². The lowest BCUT2D eigenvalue weighted by Gasteiger charge is -2.14. The molecule has 0 fully saturated rings. The molecule has 16 heavy (non-hydrogen) atoms. The van der Waals surface area contributed by atoms with Crippen molar-refractivity contribution in [3.05, 3.63) is 28.2 Å². The molecule has 4 nitrogen and oxygen atoms in total. The van der Waals surface area contributed by atoms with E-state index in [4.69, 9.17) is 5.26 Å². The average Bonchev–Trinajstić information content (AvgIpc) is 2.21. The van der Waals surface area contributed by atoms with E-state index in [0.717, 1.165) is 18.4 Å². The van der Waals surface area contributed by atoms with Crippen LogP contribution in [0.2, 0.25) is 0 Å². The second-order valence-corrected chi connectivity index (χ2v) is 4.69. The van der Waals surface area contributed by atoms with Gasteiger partial charge in [0.2, 0.25) is 0 Å². The third-order valence-corrected chi connectivity index (χ3v) is 2.48. The molecule has 0 saturated carbocycles. The molecular weight excluding hydrogens is 202 g/mol.